The summed E-state index contributed by atoms with van der Waals surface area (Å²) in [7, 11) is 0. The highest BCUT2D eigenvalue weighted by molar-refractivity contribution is 5.76. The number of carboxylic acid groups (broad SMARTS) is 1. The number of aliphatic carboxylic acids is 1. The van der Waals surface area contributed by atoms with E-state index in [-0.39, 0.29) is 33.7 Å². The first kappa shape index (κ1) is 23.9. The highest BCUT2D eigenvalue weighted by Gasteiger charge is 2.69. The second-order valence-electron chi connectivity index (χ2n) is 14.5. The van der Waals surface area contributed by atoms with Crippen LogP contribution in [0.4, 0.5) is 0 Å². The van der Waals surface area contributed by atoms with Crippen molar-refractivity contribution in [3.63, 3.8) is 0 Å². The van der Waals surface area contributed by atoms with Crippen LogP contribution in [0.3, 0.4) is 0 Å². The minimum absolute atomic E-state index is 0.0302. The number of allylic oxidation sites excluding steroid dienone is 2. The number of aliphatic hydroxyl groups is 1. The maximum Gasteiger partial charge on any atom is 0.310 e. The lowest BCUT2D eigenvalue weighted by Gasteiger charge is -2.71. The molecule has 0 aromatic carbocycles. The molecule has 10 atom stereocenters. The molecule has 0 aliphatic heterocycles. The maximum absolute atomic E-state index is 12.8. The fourth-order valence-electron chi connectivity index (χ4n) is 10.8. The van der Waals surface area contributed by atoms with Crippen LogP contribution in [0.1, 0.15) is 106 Å². The van der Waals surface area contributed by atoms with Crippen molar-refractivity contribution in [2.75, 3.05) is 0 Å². The summed E-state index contributed by atoms with van der Waals surface area (Å²) in [4.78, 5) is 12.8. The summed E-state index contributed by atoms with van der Waals surface area (Å²) in [5, 5.41) is 21.4. The first-order chi connectivity index (χ1) is 15.3. The summed E-state index contributed by atoms with van der Waals surface area (Å²) in [6.45, 7) is 17.0. The van der Waals surface area contributed by atoms with Crippen molar-refractivity contribution in [1.82, 2.24) is 0 Å². The van der Waals surface area contributed by atoms with Gasteiger partial charge in [-0.1, -0.05) is 60.1 Å². The number of carboxylic acids is 1. The molecule has 186 valence electrons. The van der Waals surface area contributed by atoms with Crippen LogP contribution in [0, 0.1) is 56.7 Å². The number of carbonyl (C=O) groups is 1. The van der Waals surface area contributed by atoms with Crippen molar-refractivity contribution in [3.05, 3.63) is 11.6 Å². The number of aliphatic hydroxyl groups excluding tert-OH is 1. The smallest absolute Gasteiger partial charge is 0.310 e. The van der Waals surface area contributed by atoms with E-state index in [0.29, 0.717) is 23.7 Å². The molecule has 0 saturated heterocycles. The van der Waals surface area contributed by atoms with E-state index >= 15 is 0 Å². The fourth-order valence-corrected chi connectivity index (χ4v) is 10.8. The largest absolute Gasteiger partial charge is 0.481 e. The lowest BCUT2D eigenvalue weighted by molar-refractivity contribution is -0.206. The van der Waals surface area contributed by atoms with E-state index in [2.05, 4.69) is 54.5 Å². The van der Waals surface area contributed by atoms with Gasteiger partial charge in [0.05, 0.1) is 11.5 Å². The standard InChI is InChI=1S/C30H48O3/c1-18-10-15-30(25(32)33)17-16-28(6)20(24(30)19(18)2)8-9-22-27(5)13-12-23(31)26(3,4)21(27)11-14-29(22,28)7/h8,18-19,21-24,31H,9-17H2,1-7H3,(H,32,33)/t18-,19+,21+,22?,23+,24+,27?,28-,29?,30+/m1/s1. The zero-order valence-corrected chi connectivity index (χ0v) is 22.2. The molecular weight excluding hydrogens is 408 g/mol. The molecule has 0 aromatic heterocycles. The Hall–Kier alpha value is -0.830. The topological polar surface area (TPSA) is 57.5 Å². The van der Waals surface area contributed by atoms with Gasteiger partial charge in [0.25, 0.3) is 0 Å². The highest BCUT2D eigenvalue weighted by Crippen LogP contribution is 2.75. The van der Waals surface area contributed by atoms with E-state index < -0.39 is 11.4 Å². The molecule has 5 aliphatic rings. The zero-order chi connectivity index (χ0) is 24.2. The van der Waals surface area contributed by atoms with Crippen LogP contribution in [0.2, 0.25) is 0 Å². The fraction of sp³-hybridized carbons (Fsp3) is 0.900. The van der Waals surface area contributed by atoms with Gasteiger partial charge in [-0.25, -0.2) is 0 Å². The normalized spacial score (nSPS) is 55.3. The van der Waals surface area contributed by atoms with Crippen LogP contribution < -0.4 is 0 Å². The Bertz CT molecular complexity index is 874. The molecule has 0 radical (unpaired) electrons. The van der Waals surface area contributed by atoms with Crippen LogP contribution in [-0.2, 0) is 4.79 Å². The molecule has 4 fully saturated rings. The summed E-state index contributed by atoms with van der Waals surface area (Å²) in [5.41, 5.74) is 1.46. The van der Waals surface area contributed by atoms with Crippen LogP contribution in [0.5, 0.6) is 0 Å². The predicted octanol–water partition coefficient (Wildman–Crippen LogP) is 7.09. The van der Waals surface area contributed by atoms with Crippen LogP contribution in [0.15, 0.2) is 11.6 Å². The Morgan fingerprint density at radius 2 is 1.61 bits per heavy atom. The average molecular weight is 457 g/mol. The van der Waals surface area contributed by atoms with Crippen molar-refractivity contribution in [3.8, 4) is 0 Å². The molecule has 4 saturated carbocycles. The molecule has 2 N–H and O–H groups in total. The van der Waals surface area contributed by atoms with E-state index in [1.165, 1.54) is 18.4 Å². The van der Waals surface area contributed by atoms with E-state index in [1.807, 2.05) is 0 Å². The number of fused-ring (bicyclic) bond motifs is 7. The molecule has 0 heterocycles. The van der Waals surface area contributed by atoms with Gasteiger partial charge in [0.15, 0.2) is 0 Å². The molecule has 3 nitrogen and oxygen atoms in total. The van der Waals surface area contributed by atoms with E-state index in [4.69, 9.17) is 0 Å². The molecule has 0 spiro atoms. The van der Waals surface area contributed by atoms with E-state index in [1.54, 1.807) is 0 Å². The third-order valence-corrected chi connectivity index (χ3v) is 13.4. The first-order valence-electron chi connectivity index (χ1n) is 13.9. The van der Waals surface area contributed by atoms with Crippen molar-refractivity contribution in [1.29, 1.82) is 0 Å². The Labute approximate surface area is 201 Å². The molecule has 33 heavy (non-hydrogen) atoms. The lowest BCUT2D eigenvalue weighted by Crippen LogP contribution is -2.65. The van der Waals surface area contributed by atoms with Gasteiger partial charge in [-0.15, -0.1) is 0 Å². The van der Waals surface area contributed by atoms with Crippen LogP contribution in [-0.4, -0.2) is 22.3 Å². The SMILES string of the molecule is C[C@H]1[C@H](C)CC[C@]2(C(=O)O)CC[C@]3(C)C(=CCC4C5(C)CC[C@H](O)C(C)(C)[C@@H]5CCC43C)[C@H]12. The molecular formula is C30H48O3. The lowest BCUT2D eigenvalue weighted by atomic mass is 9.33. The van der Waals surface area contributed by atoms with E-state index in [0.717, 1.165) is 44.9 Å². The average Bonchev–Trinajstić information content (AvgIpc) is 2.74. The van der Waals surface area contributed by atoms with Gasteiger partial charge in [-0.05, 0) is 109 Å². The summed E-state index contributed by atoms with van der Waals surface area (Å²) in [6, 6.07) is 0. The summed E-state index contributed by atoms with van der Waals surface area (Å²) >= 11 is 0. The molecule has 3 unspecified atom stereocenters. The molecule has 3 heteroatoms. The monoisotopic (exact) mass is 456 g/mol. The Kier molecular flexibility index (Phi) is 5.15. The van der Waals surface area contributed by atoms with Crippen molar-refractivity contribution in [2.45, 2.75) is 112 Å². The van der Waals surface area contributed by atoms with Crippen molar-refractivity contribution < 1.29 is 15.0 Å². The predicted molar refractivity (Wildman–Crippen MR) is 133 cm³/mol. The van der Waals surface area contributed by atoms with Gasteiger partial charge in [0.1, 0.15) is 0 Å². The number of hydrogen-bond donors (Lipinski definition) is 2. The molecule has 5 aliphatic carbocycles. The molecule has 0 bridgehead atoms. The minimum atomic E-state index is -0.557. The molecule has 5 rings (SSSR count). The van der Waals surface area contributed by atoms with Gasteiger partial charge in [0, 0.05) is 0 Å². The van der Waals surface area contributed by atoms with E-state index in [9.17, 15) is 15.0 Å². The summed E-state index contributed by atoms with van der Waals surface area (Å²) in [6.07, 6.45) is 11.6. The summed E-state index contributed by atoms with van der Waals surface area (Å²) < 4.78 is 0. The zero-order valence-electron chi connectivity index (χ0n) is 22.2. The quantitative estimate of drug-likeness (QED) is 0.414. The Morgan fingerprint density at radius 1 is 0.909 bits per heavy atom. The Morgan fingerprint density at radius 3 is 2.27 bits per heavy atom. The first-order valence-corrected chi connectivity index (χ1v) is 13.9. The van der Waals surface area contributed by atoms with Crippen molar-refractivity contribution in [2.24, 2.45) is 56.7 Å². The second-order valence-corrected chi connectivity index (χ2v) is 14.5. The third-order valence-electron chi connectivity index (χ3n) is 13.4. The second kappa shape index (κ2) is 7.11. The van der Waals surface area contributed by atoms with Crippen molar-refractivity contribution >= 4 is 5.97 Å². The van der Waals surface area contributed by atoms with Gasteiger partial charge in [-0.3, -0.25) is 4.79 Å². The van der Waals surface area contributed by atoms with Gasteiger partial charge in [-0.2, -0.15) is 0 Å². The minimum Gasteiger partial charge on any atom is -0.481 e. The maximum atomic E-state index is 12.8. The third kappa shape index (κ3) is 2.75. The number of rotatable bonds is 1. The summed E-state index contributed by atoms with van der Waals surface area (Å²) in [5.74, 6) is 1.82. The van der Waals surface area contributed by atoms with Crippen LogP contribution >= 0.6 is 0 Å². The Balaban J connectivity index is 1.61. The van der Waals surface area contributed by atoms with Gasteiger partial charge in [0.2, 0.25) is 0 Å². The van der Waals surface area contributed by atoms with Gasteiger partial charge < -0.3 is 10.2 Å². The molecule has 0 aromatic rings. The highest BCUT2D eigenvalue weighted by atomic mass is 16.4. The van der Waals surface area contributed by atoms with Gasteiger partial charge >= 0.3 is 5.97 Å². The van der Waals surface area contributed by atoms with Crippen LogP contribution in [0.25, 0.3) is 0 Å². The molecule has 0 amide bonds. The number of hydrogen-bond acceptors (Lipinski definition) is 2.